The van der Waals surface area contributed by atoms with Gasteiger partial charge in [-0.25, -0.2) is 0 Å². The zero-order valence-electron chi connectivity index (χ0n) is 10.9. The van der Waals surface area contributed by atoms with E-state index in [0.717, 1.165) is 18.3 Å². The highest BCUT2D eigenvalue weighted by Crippen LogP contribution is 2.51. The minimum absolute atomic E-state index is 0.0684. The van der Waals surface area contributed by atoms with Crippen molar-refractivity contribution >= 4 is 0 Å². The molecule has 1 heteroatoms. The molecule has 0 amide bonds. The van der Waals surface area contributed by atoms with Gasteiger partial charge in [0.2, 0.25) is 0 Å². The number of fused-ring (bicyclic) bond motifs is 4. The maximum Gasteiger partial charge on any atom is 0.0605 e. The van der Waals surface area contributed by atoms with Crippen LogP contribution in [0, 0.1) is 17.8 Å². The summed E-state index contributed by atoms with van der Waals surface area (Å²) in [4.78, 5) is 0. The molecule has 1 fully saturated rings. The third-order valence-corrected chi connectivity index (χ3v) is 5.63. The number of aliphatic hydroxyl groups is 1. The molecule has 0 aromatic heterocycles. The van der Waals surface area contributed by atoms with E-state index in [1.165, 1.54) is 38.5 Å². The molecule has 0 radical (unpaired) electrons. The maximum atomic E-state index is 10.1. The first kappa shape index (κ1) is 11.0. The molecule has 96 valence electrons. The van der Waals surface area contributed by atoms with E-state index in [9.17, 15) is 5.11 Å². The van der Waals surface area contributed by atoms with Crippen LogP contribution in [0.4, 0.5) is 0 Å². The normalized spacial score (nSPS) is 42.2. The van der Waals surface area contributed by atoms with Gasteiger partial charge in [-0.1, -0.05) is 18.2 Å². The molecular weight excluding hydrogens is 220 g/mol. The van der Waals surface area contributed by atoms with E-state index in [2.05, 4.69) is 18.2 Å². The van der Waals surface area contributed by atoms with Gasteiger partial charge in [-0.2, -0.15) is 0 Å². The fourth-order valence-electron chi connectivity index (χ4n) is 4.77. The summed E-state index contributed by atoms with van der Waals surface area (Å²) in [7, 11) is 0. The minimum Gasteiger partial charge on any atom is -0.393 e. The number of hydrogen-bond donors (Lipinski definition) is 1. The molecule has 0 aromatic carbocycles. The molecule has 4 aliphatic rings. The van der Waals surface area contributed by atoms with Crippen molar-refractivity contribution in [1.82, 2.24) is 0 Å². The molecular formula is C17H22O. The van der Waals surface area contributed by atoms with Gasteiger partial charge in [0.1, 0.15) is 0 Å². The van der Waals surface area contributed by atoms with Crippen molar-refractivity contribution in [3.05, 3.63) is 34.9 Å². The average Bonchev–Trinajstić information content (AvgIpc) is 2.80. The summed E-state index contributed by atoms with van der Waals surface area (Å²) >= 11 is 0. The molecule has 18 heavy (non-hydrogen) atoms. The molecule has 0 spiro atoms. The Hall–Kier alpha value is -0.820. The fraction of sp³-hybridized carbons (Fsp3) is 0.647. The molecule has 0 aliphatic heterocycles. The first-order valence-electron chi connectivity index (χ1n) is 7.63. The first-order chi connectivity index (χ1) is 8.84. The summed E-state index contributed by atoms with van der Waals surface area (Å²) in [5.41, 5.74) is 4.96. The van der Waals surface area contributed by atoms with Crippen LogP contribution in [0.2, 0.25) is 0 Å². The Morgan fingerprint density at radius 1 is 1.11 bits per heavy atom. The van der Waals surface area contributed by atoms with Crippen molar-refractivity contribution in [2.45, 2.75) is 51.0 Å². The van der Waals surface area contributed by atoms with E-state index in [4.69, 9.17) is 0 Å². The van der Waals surface area contributed by atoms with E-state index in [-0.39, 0.29) is 6.10 Å². The van der Waals surface area contributed by atoms with Crippen LogP contribution >= 0.6 is 0 Å². The highest BCUT2D eigenvalue weighted by molar-refractivity contribution is 5.47. The van der Waals surface area contributed by atoms with Crippen LogP contribution < -0.4 is 0 Å². The highest BCUT2D eigenvalue weighted by Gasteiger charge is 2.43. The predicted octanol–water partition coefficient (Wildman–Crippen LogP) is 3.76. The van der Waals surface area contributed by atoms with Crippen LogP contribution in [-0.4, -0.2) is 11.2 Å². The van der Waals surface area contributed by atoms with Crippen LogP contribution in [0.25, 0.3) is 0 Å². The van der Waals surface area contributed by atoms with E-state index < -0.39 is 0 Å². The minimum atomic E-state index is -0.0684. The van der Waals surface area contributed by atoms with Gasteiger partial charge in [0.15, 0.2) is 0 Å². The number of aliphatic hydroxyl groups excluding tert-OH is 1. The Kier molecular flexibility index (Phi) is 2.51. The quantitative estimate of drug-likeness (QED) is 0.685. The monoisotopic (exact) mass is 242 g/mol. The first-order valence-corrected chi connectivity index (χ1v) is 7.63. The summed E-state index contributed by atoms with van der Waals surface area (Å²) in [6, 6.07) is 0. The van der Waals surface area contributed by atoms with Gasteiger partial charge in [-0.15, -0.1) is 0 Å². The summed E-state index contributed by atoms with van der Waals surface area (Å²) in [5.74, 6) is 1.94. The van der Waals surface area contributed by atoms with Gasteiger partial charge in [0.05, 0.1) is 6.10 Å². The molecule has 0 unspecified atom stereocenters. The fourth-order valence-corrected chi connectivity index (χ4v) is 4.77. The molecule has 1 saturated carbocycles. The van der Waals surface area contributed by atoms with E-state index in [1.54, 1.807) is 16.7 Å². The second kappa shape index (κ2) is 4.09. The van der Waals surface area contributed by atoms with Crippen molar-refractivity contribution < 1.29 is 5.11 Å². The molecule has 0 bridgehead atoms. The Bertz CT molecular complexity index is 454. The Labute approximate surface area is 109 Å². The second-order valence-electron chi connectivity index (χ2n) is 6.45. The topological polar surface area (TPSA) is 20.2 Å². The molecule has 0 saturated heterocycles. The average molecular weight is 242 g/mol. The van der Waals surface area contributed by atoms with Crippen molar-refractivity contribution in [1.29, 1.82) is 0 Å². The van der Waals surface area contributed by atoms with Crippen molar-refractivity contribution in [3.63, 3.8) is 0 Å². The van der Waals surface area contributed by atoms with Crippen molar-refractivity contribution in [3.8, 4) is 0 Å². The molecule has 4 rings (SSSR count). The van der Waals surface area contributed by atoms with Crippen molar-refractivity contribution in [2.24, 2.45) is 17.8 Å². The lowest BCUT2D eigenvalue weighted by Gasteiger charge is -2.39. The van der Waals surface area contributed by atoms with Gasteiger partial charge >= 0.3 is 0 Å². The molecule has 0 aromatic rings. The van der Waals surface area contributed by atoms with Gasteiger partial charge in [-0.3, -0.25) is 0 Å². The summed E-state index contributed by atoms with van der Waals surface area (Å²) < 4.78 is 0. The van der Waals surface area contributed by atoms with Gasteiger partial charge < -0.3 is 5.11 Å². The summed E-state index contributed by atoms with van der Waals surface area (Å²) in [6.07, 6.45) is 15.9. The maximum absolute atomic E-state index is 10.1. The lowest BCUT2D eigenvalue weighted by molar-refractivity contribution is 0.129. The Balaban J connectivity index is 1.78. The van der Waals surface area contributed by atoms with Crippen LogP contribution in [0.15, 0.2) is 34.9 Å². The van der Waals surface area contributed by atoms with Gasteiger partial charge in [0, 0.05) is 5.92 Å². The standard InChI is InChI=1S/C17H22O/c18-17-10-9-15-14-6-5-11-3-1-2-4-12(11)13(14)7-8-16(15)17/h3,7-8,14-18H,1-2,4-6,9-10H2/t14-,15+,16+,17+/m1/s1. The van der Waals surface area contributed by atoms with Crippen LogP contribution in [0.5, 0.6) is 0 Å². The largest absolute Gasteiger partial charge is 0.393 e. The van der Waals surface area contributed by atoms with Crippen LogP contribution in [0.1, 0.15) is 44.9 Å². The van der Waals surface area contributed by atoms with Crippen molar-refractivity contribution in [2.75, 3.05) is 0 Å². The number of allylic oxidation sites excluding steroid dienone is 5. The number of hydrogen-bond acceptors (Lipinski definition) is 1. The molecule has 0 heterocycles. The van der Waals surface area contributed by atoms with E-state index in [1.807, 2.05) is 0 Å². The zero-order valence-corrected chi connectivity index (χ0v) is 10.9. The lowest BCUT2D eigenvalue weighted by Crippen LogP contribution is -2.30. The second-order valence-corrected chi connectivity index (χ2v) is 6.45. The predicted molar refractivity (Wildman–Crippen MR) is 73.0 cm³/mol. The van der Waals surface area contributed by atoms with E-state index in [0.29, 0.717) is 5.92 Å². The molecule has 4 aliphatic carbocycles. The lowest BCUT2D eigenvalue weighted by atomic mass is 9.66. The summed E-state index contributed by atoms with van der Waals surface area (Å²) in [5, 5.41) is 10.1. The van der Waals surface area contributed by atoms with Gasteiger partial charge in [-0.05, 0) is 73.5 Å². The van der Waals surface area contributed by atoms with Crippen LogP contribution in [0.3, 0.4) is 0 Å². The highest BCUT2D eigenvalue weighted by atomic mass is 16.3. The SMILES string of the molecule is O[C@H]1CC[C@@H]2[C@@H]1C=CC1=C3CCCC=C3CC[C@H]12. The Morgan fingerprint density at radius 3 is 3.00 bits per heavy atom. The summed E-state index contributed by atoms with van der Waals surface area (Å²) in [6.45, 7) is 0. The molecule has 1 nitrogen and oxygen atoms in total. The third-order valence-electron chi connectivity index (χ3n) is 5.63. The Morgan fingerprint density at radius 2 is 2.06 bits per heavy atom. The van der Waals surface area contributed by atoms with Crippen LogP contribution in [-0.2, 0) is 0 Å². The molecule has 4 atom stereocenters. The third kappa shape index (κ3) is 1.50. The molecule has 1 N–H and O–H groups in total. The smallest absolute Gasteiger partial charge is 0.0605 e. The zero-order chi connectivity index (χ0) is 12.1. The number of rotatable bonds is 0. The van der Waals surface area contributed by atoms with Gasteiger partial charge in [0.25, 0.3) is 0 Å². The van der Waals surface area contributed by atoms with E-state index >= 15 is 0 Å².